The highest BCUT2D eigenvalue weighted by Crippen LogP contribution is 2.04. The Morgan fingerprint density at radius 3 is 1.90 bits per heavy atom. The molecule has 10 heavy (non-hydrogen) atoms. The van der Waals surface area contributed by atoms with Crippen LogP contribution in [0.5, 0.6) is 0 Å². The minimum absolute atomic E-state index is 0.241. The predicted molar refractivity (Wildman–Crippen MR) is 37.6 cm³/mol. The van der Waals surface area contributed by atoms with E-state index in [0.29, 0.717) is 0 Å². The van der Waals surface area contributed by atoms with Gasteiger partial charge in [0.05, 0.1) is 0 Å². The standard InChI is InChI=1S/C4H9N3.CH2O2/c1-4(2,3)6-7-5;2-1-3/h1-3H3;1H,(H,2,3). The zero-order chi connectivity index (χ0) is 8.62. The fourth-order valence-corrected chi connectivity index (χ4v) is 0.134. The number of rotatable bonds is 0. The molecular weight excluding hydrogens is 134 g/mol. The molecule has 0 amide bonds. The number of hydrogen-bond acceptors (Lipinski definition) is 2. The molecule has 0 saturated carbocycles. The molecule has 0 rings (SSSR count). The zero-order valence-corrected chi connectivity index (χ0v) is 6.27. The molecule has 5 heteroatoms. The van der Waals surface area contributed by atoms with Crippen LogP contribution in [0.3, 0.4) is 0 Å². The van der Waals surface area contributed by atoms with Gasteiger partial charge in [-0.2, -0.15) is 0 Å². The third-order valence-electron chi connectivity index (χ3n) is 0.345. The lowest BCUT2D eigenvalue weighted by Crippen LogP contribution is -2.06. The topological polar surface area (TPSA) is 86.1 Å². The predicted octanol–water partition coefficient (Wildman–Crippen LogP) is 1.80. The van der Waals surface area contributed by atoms with Crippen LogP contribution in [0.15, 0.2) is 5.11 Å². The first kappa shape index (κ1) is 11.6. The van der Waals surface area contributed by atoms with Gasteiger partial charge in [0.2, 0.25) is 0 Å². The molecule has 0 aliphatic carbocycles. The van der Waals surface area contributed by atoms with Crippen molar-refractivity contribution < 1.29 is 9.90 Å². The Kier molecular flexibility index (Phi) is 6.83. The lowest BCUT2D eigenvalue weighted by Gasteiger charge is -2.05. The molecular formula is C5H11N3O2. The number of azide groups is 1. The van der Waals surface area contributed by atoms with Crippen LogP contribution in [0.2, 0.25) is 0 Å². The van der Waals surface area contributed by atoms with Crippen LogP contribution in [0, 0.1) is 0 Å². The summed E-state index contributed by atoms with van der Waals surface area (Å²) < 4.78 is 0. The summed E-state index contributed by atoms with van der Waals surface area (Å²) in [7, 11) is 0. The minimum atomic E-state index is -0.250. The van der Waals surface area contributed by atoms with Crippen molar-refractivity contribution in [3.05, 3.63) is 10.4 Å². The Balaban J connectivity index is 0. The molecule has 58 valence electrons. The monoisotopic (exact) mass is 145 g/mol. The summed E-state index contributed by atoms with van der Waals surface area (Å²) in [6.45, 7) is 5.31. The highest BCUT2D eigenvalue weighted by atomic mass is 16.3. The second-order valence-electron chi connectivity index (χ2n) is 2.47. The van der Waals surface area contributed by atoms with E-state index < -0.39 is 0 Å². The molecule has 1 N–H and O–H groups in total. The van der Waals surface area contributed by atoms with Crippen LogP contribution in [-0.2, 0) is 4.79 Å². The fraction of sp³-hybridized carbons (Fsp3) is 0.800. The van der Waals surface area contributed by atoms with E-state index in [1.165, 1.54) is 0 Å². The summed E-state index contributed by atoms with van der Waals surface area (Å²) in [5, 5.41) is 10.3. The van der Waals surface area contributed by atoms with Crippen molar-refractivity contribution >= 4 is 6.47 Å². The quantitative estimate of drug-likeness (QED) is 0.244. The van der Waals surface area contributed by atoms with E-state index in [4.69, 9.17) is 15.4 Å². The minimum Gasteiger partial charge on any atom is -0.483 e. The Hall–Kier alpha value is -1.22. The van der Waals surface area contributed by atoms with Crippen LogP contribution in [0.4, 0.5) is 0 Å². The van der Waals surface area contributed by atoms with Gasteiger partial charge in [0.15, 0.2) is 0 Å². The third kappa shape index (κ3) is 29.3. The van der Waals surface area contributed by atoms with Gasteiger partial charge < -0.3 is 5.11 Å². The van der Waals surface area contributed by atoms with Gasteiger partial charge in [0.25, 0.3) is 6.47 Å². The first-order valence-corrected chi connectivity index (χ1v) is 2.62. The van der Waals surface area contributed by atoms with E-state index >= 15 is 0 Å². The summed E-state index contributed by atoms with van der Waals surface area (Å²) in [6.07, 6.45) is 0. The Labute approximate surface area is 59.3 Å². The van der Waals surface area contributed by atoms with Crippen molar-refractivity contribution in [3.63, 3.8) is 0 Å². The summed E-state index contributed by atoms with van der Waals surface area (Å²) >= 11 is 0. The normalized spacial score (nSPS) is 8.30. The second kappa shape index (κ2) is 5.91. The van der Waals surface area contributed by atoms with Gasteiger partial charge in [-0.15, -0.1) is 0 Å². The van der Waals surface area contributed by atoms with Gasteiger partial charge in [-0.1, -0.05) is 25.9 Å². The second-order valence-corrected chi connectivity index (χ2v) is 2.47. The van der Waals surface area contributed by atoms with Crippen molar-refractivity contribution in [2.45, 2.75) is 26.3 Å². The maximum atomic E-state index is 8.36. The molecule has 0 aromatic rings. The number of carboxylic acid groups (broad SMARTS) is 1. The Bertz CT molecular complexity index is 132. The van der Waals surface area contributed by atoms with E-state index in [2.05, 4.69) is 10.0 Å². The molecule has 0 aromatic carbocycles. The smallest absolute Gasteiger partial charge is 0.290 e. The average molecular weight is 145 g/mol. The van der Waals surface area contributed by atoms with Gasteiger partial charge in [-0.3, -0.25) is 4.79 Å². The molecule has 0 atom stereocenters. The molecule has 0 aromatic heterocycles. The first-order chi connectivity index (χ1) is 4.47. The molecule has 0 saturated heterocycles. The summed E-state index contributed by atoms with van der Waals surface area (Å²) in [6, 6.07) is 0. The third-order valence-corrected chi connectivity index (χ3v) is 0.345. The molecule has 5 nitrogen and oxygen atoms in total. The van der Waals surface area contributed by atoms with Crippen molar-refractivity contribution in [1.82, 2.24) is 0 Å². The lowest BCUT2D eigenvalue weighted by atomic mass is 10.1. The van der Waals surface area contributed by atoms with Crippen LogP contribution >= 0.6 is 0 Å². The maximum Gasteiger partial charge on any atom is 0.290 e. The SMILES string of the molecule is CC(C)(C)N=[N+]=[N-].O=CO. The molecule has 0 aliphatic heterocycles. The first-order valence-electron chi connectivity index (χ1n) is 2.62. The summed E-state index contributed by atoms with van der Waals surface area (Å²) in [5.74, 6) is 0. The van der Waals surface area contributed by atoms with Crippen molar-refractivity contribution in [2.75, 3.05) is 0 Å². The largest absolute Gasteiger partial charge is 0.483 e. The van der Waals surface area contributed by atoms with Gasteiger partial charge in [-0.05, 0) is 5.53 Å². The molecule has 0 heterocycles. The van der Waals surface area contributed by atoms with E-state index in [0.717, 1.165) is 0 Å². The van der Waals surface area contributed by atoms with Gasteiger partial charge in [0.1, 0.15) is 0 Å². The number of hydrogen-bond donors (Lipinski definition) is 1. The van der Waals surface area contributed by atoms with Crippen LogP contribution in [0.1, 0.15) is 20.8 Å². The summed E-state index contributed by atoms with van der Waals surface area (Å²) in [4.78, 5) is 11.0. The molecule has 0 bridgehead atoms. The molecule has 0 unspecified atom stereocenters. The Morgan fingerprint density at radius 1 is 1.60 bits per heavy atom. The number of nitrogens with zero attached hydrogens (tertiary/aromatic N) is 3. The summed E-state index contributed by atoms with van der Waals surface area (Å²) in [5.41, 5.74) is 7.62. The van der Waals surface area contributed by atoms with Gasteiger partial charge >= 0.3 is 0 Å². The molecule has 0 aliphatic rings. The number of carbonyl (C=O) groups is 1. The van der Waals surface area contributed by atoms with E-state index in [9.17, 15) is 0 Å². The molecule has 0 radical (unpaired) electrons. The van der Waals surface area contributed by atoms with Gasteiger partial charge in [0, 0.05) is 10.5 Å². The van der Waals surface area contributed by atoms with E-state index in [-0.39, 0.29) is 12.0 Å². The molecule has 0 spiro atoms. The van der Waals surface area contributed by atoms with Crippen molar-refractivity contribution in [1.29, 1.82) is 0 Å². The maximum absolute atomic E-state index is 8.36. The lowest BCUT2D eigenvalue weighted by molar-refractivity contribution is -0.122. The zero-order valence-electron chi connectivity index (χ0n) is 6.27. The Morgan fingerprint density at radius 2 is 1.90 bits per heavy atom. The van der Waals surface area contributed by atoms with Crippen molar-refractivity contribution in [3.8, 4) is 0 Å². The van der Waals surface area contributed by atoms with Crippen LogP contribution < -0.4 is 0 Å². The van der Waals surface area contributed by atoms with E-state index in [1.54, 1.807) is 0 Å². The van der Waals surface area contributed by atoms with Gasteiger partial charge in [-0.25, -0.2) is 0 Å². The highest BCUT2D eigenvalue weighted by molar-refractivity contribution is 5.32. The van der Waals surface area contributed by atoms with Crippen LogP contribution in [-0.4, -0.2) is 17.1 Å². The highest BCUT2D eigenvalue weighted by Gasteiger charge is 2.03. The molecule has 0 fully saturated rings. The van der Waals surface area contributed by atoms with E-state index in [1.807, 2.05) is 20.8 Å². The fourth-order valence-electron chi connectivity index (χ4n) is 0.134. The van der Waals surface area contributed by atoms with Crippen LogP contribution in [0.25, 0.3) is 10.4 Å². The average Bonchev–Trinajstić information content (AvgIpc) is 1.63. The van der Waals surface area contributed by atoms with Crippen molar-refractivity contribution in [2.24, 2.45) is 5.11 Å².